The predicted octanol–water partition coefficient (Wildman–Crippen LogP) is 3.34. The molecule has 1 fully saturated rings. The summed E-state index contributed by atoms with van der Waals surface area (Å²) < 4.78 is 21.0. The van der Waals surface area contributed by atoms with E-state index < -0.39 is 0 Å². The van der Waals surface area contributed by atoms with Gasteiger partial charge in [-0.2, -0.15) is 0 Å². The highest BCUT2D eigenvalue weighted by molar-refractivity contribution is 6.06. The first-order valence-electron chi connectivity index (χ1n) is 13.4. The Balaban J connectivity index is 1.23. The molecule has 11 heteroatoms. The SMILES string of the molecule is CN1CCN(C(=O)[C@@H]2CCOC2)c2ccc(Nc3ccc(-c4cnc5cc(F)ccn45)c4c3C(=O)NC4)nc2C1. The van der Waals surface area contributed by atoms with Crippen LogP contribution in [-0.4, -0.2) is 64.4 Å². The van der Waals surface area contributed by atoms with E-state index in [1.54, 1.807) is 12.4 Å². The molecule has 0 aliphatic carbocycles. The van der Waals surface area contributed by atoms with Crippen molar-refractivity contribution in [3.05, 3.63) is 71.4 Å². The number of benzene rings is 1. The van der Waals surface area contributed by atoms with E-state index in [0.717, 1.165) is 41.2 Å². The van der Waals surface area contributed by atoms with Crippen molar-refractivity contribution in [3.8, 4) is 11.3 Å². The third kappa shape index (κ3) is 4.18. The summed E-state index contributed by atoms with van der Waals surface area (Å²) in [7, 11) is 2.02. The second-order valence-electron chi connectivity index (χ2n) is 10.5. The largest absolute Gasteiger partial charge is 0.381 e. The number of fused-ring (bicyclic) bond motifs is 3. The molecule has 1 atom stereocenters. The average Bonchev–Trinajstić information content (AvgIpc) is 3.68. The van der Waals surface area contributed by atoms with Gasteiger partial charge < -0.3 is 20.3 Å². The standard InChI is InChI=1S/C29H28FN7O3/c1-35-9-10-37(29(39)17-7-11-40-16-17)23-4-5-25(34-22(23)15-35)33-21-3-2-19(20-13-32-28(38)27(20)21)24-14-31-26-12-18(30)6-8-36(24)26/h2-6,8,12,14,17H,7,9-11,13,15-16H2,1H3,(H,32,38)(H,33,34)/t17-/m1/s1. The summed E-state index contributed by atoms with van der Waals surface area (Å²) in [6, 6.07) is 10.3. The zero-order valence-electron chi connectivity index (χ0n) is 22.0. The fourth-order valence-corrected chi connectivity index (χ4v) is 5.82. The minimum absolute atomic E-state index is 0.0803. The number of aromatic nitrogens is 3. The van der Waals surface area contributed by atoms with Crippen LogP contribution in [0.4, 0.5) is 21.6 Å². The Morgan fingerprint density at radius 3 is 2.95 bits per heavy atom. The molecule has 40 heavy (non-hydrogen) atoms. The topological polar surface area (TPSA) is 104 Å². The van der Waals surface area contributed by atoms with Crippen LogP contribution >= 0.6 is 0 Å². The second kappa shape index (κ2) is 9.68. The molecule has 0 unspecified atom stereocenters. The van der Waals surface area contributed by atoms with Gasteiger partial charge in [-0.15, -0.1) is 0 Å². The Morgan fingerprint density at radius 1 is 1.20 bits per heavy atom. The number of nitrogens with one attached hydrogen (secondary N) is 2. The Labute approximate surface area is 229 Å². The number of rotatable bonds is 4. The Bertz CT molecular complexity index is 1660. The van der Waals surface area contributed by atoms with E-state index in [0.29, 0.717) is 55.6 Å². The van der Waals surface area contributed by atoms with Crippen LogP contribution in [0.5, 0.6) is 0 Å². The molecule has 7 rings (SSSR count). The van der Waals surface area contributed by atoms with Crippen molar-refractivity contribution < 1.29 is 18.7 Å². The van der Waals surface area contributed by atoms with Gasteiger partial charge in [0.1, 0.15) is 17.3 Å². The second-order valence-corrected chi connectivity index (χ2v) is 10.5. The number of hydrogen-bond acceptors (Lipinski definition) is 7. The smallest absolute Gasteiger partial charge is 0.254 e. The molecule has 204 valence electrons. The lowest BCUT2D eigenvalue weighted by Crippen LogP contribution is -2.39. The van der Waals surface area contributed by atoms with Gasteiger partial charge >= 0.3 is 0 Å². The van der Waals surface area contributed by atoms with E-state index in [2.05, 4.69) is 20.5 Å². The molecule has 1 aromatic carbocycles. The molecule has 10 nitrogen and oxygen atoms in total. The minimum Gasteiger partial charge on any atom is -0.381 e. The summed E-state index contributed by atoms with van der Waals surface area (Å²) in [5.74, 6) is 0.0120. The lowest BCUT2D eigenvalue weighted by atomic mass is 9.99. The van der Waals surface area contributed by atoms with Gasteiger partial charge in [-0.25, -0.2) is 14.4 Å². The van der Waals surface area contributed by atoms with E-state index in [4.69, 9.17) is 9.72 Å². The van der Waals surface area contributed by atoms with Crippen molar-refractivity contribution in [2.45, 2.75) is 19.5 Å². The number of likely N-dealkylation sites (N-methyl/N-ethyl adjacent to an activating group) is 1. The van der Waals surface area contributed by atoms with Gasteiger partial charge in [0, 0.05) is 50.6 Å². The molecule has 1 saturated heterocycles. The molecule has 4 aromatic rings. The summed E-state index contributed by atoms with van der Waals surface area (Å²) in [6.45, 7) is 3.38. The molecule has 0 radical (unpaired) electrons. The molecule has 2 N–H and O–H groups in total. The Hall–Kier alpha value is -4.35. The number of pyridine rings is 2. The average molecular weight is 542 g/mol. The highest BCUT2D eigenvalue weighted by Gasteiger charge is 2.32. The van der Waals surface area contributed by atoms with Crippen molar-refractivity contribution in [2.24, 2.45) is 5.92 Å². The molecule has 3 aromatic heterocycles. The molecule has 3 aliphatic rings. The van der Waals surface area contributed by atoms with Crippen LogP contribution < -0.4 is 15.5 Å². The normalized spacial score (nSPS) is 18.9. The first-order chi connectivity index (χ1) is 19.5. The first-order valence-corrected chi connectivity index (χ1v) is 13.4. The van der Waals surface area contributed by atoms with Crippen LogP contribution in [0.3, 0.4) is 0 Å². The van der Waals surface area contributed by atoms with Gasteiger partial charge in [-0.1, -0.05) is 6.07 Å². The Kier molecular flexibility index (Phi) is 5.97. The molecule has 0 spiro atoms. The van der Waals surface area contributed by atoms with E-state index in [-0.39, 0.29) is 23.5 Å². The number of imidazole rings is 1. The van der Waals surface area contributed by atoms with Crippen LogP contribution in [0.25, 0.3) is 16.9 Å². The summed E-state index contributed by atoms with van der Waals surface area (Å²) in [4.78, 5) is 39.5. The Morgan fingerprint density at radius 2 is 2.10 bits per heavy atom. The molecule has 3 aliphatic heterocycles. The molecular formula is C29H28FN7O3. The maximum atomic E-state index is 13.7. The fourth-order valence-electron chi connectivity index (χ4n) is 5.82. The number of anilines is 3. The molecule has 2 amide bonds. The lowest BCUT2D eigenvalue weighted by molar-refractivity contribution is -0.122. The molecule has 6 heterocycles. The molecule has 0 bridgehead atoms. The van der Waals surface area contributed by atoms with Gasteiger partial charge in [0.15, 0.2) is 0 Å². The van der Waals surface area contributed by atoms with E-state index in [9.17, 15) is 14.0 Å². The summed E-state index contributed by atoms with van der Waals surface area (Å²) in [6.07, 6.45) is 4.07. The number of carbonyl (C=O) groups is 2. The summed E-state index contributed by atoms with van der Waals surface area (Å²) in [5, 5.41) is 6.28. The van der Waals surface area contributed by atoms with Crippen molar-refractivity contribution in [1.29, 1.82) is 0 Å². The number of halogens is 1. The monoisotopic (exact) mass is 541 g/mol. The summed E-state index contributed by atoms with van der Waals surface area (Å²) in [5.41, 5.74) is 5.75. The van der Waals surface area contributed by atoms with Crippen LogP contribution in [0.15, 0.2) is 48.8 Å². The number of nitrogens with zero attached hydrogens (tertiary/aromatic N) is 5. The third-order valence-electron chi connectivity index (χ3n) is 7.89. The van der Waals surface area contributed by atoms with Gasteiger partial charge in [0.05, 0.1) is 47.0 Å². The van der Waals surface area contributed by atoms with Gasteiger partial charge in [-0.05, 0) is 43.3 Å². The van der Waals surface area contributed by atoms with Crippen LogP contribution in [0.2, 0.25) is 0 Å². The van der Waals surface area contributed by atoms with E-state index in [1.807, 2.05) is 40.6 Å². The quantitative estimate of drug-likeness (QED) is 0.409. The van der Waals surface area contributed by atoms with Gasteiger partial charge in [-0.3, -0.25) is 18.9 Å². The van der Waals surface area contributed by atoms with Crippen molar-refractivity contribution in [1.82, 2.24) is 24.6 Å². The molecular weight excluding hydrogens is 513 g/mol. The minimum atomic E-state index is -0.356. The van der Waals surface area contributed by atoms with Crippen molar-refractivity contribution in [2.75, 3.05) is 43.6 Å². The highest BCUT2D eigenvalue weighted by atomic mass is 19.1. The number of carbonyl (C=O) groups excluding carboxylic acids is 2. The summed E-state index contributed by atoms with van der Waals surface area (Å²) >= 11 is 0. The van der Waals surface area contributed by atoms with E-state index in [1.165, 1.54) is 12.1 Å². The number of amides is 2. The maximum absolute atomic E-state index is 13.7. The fraction of sp³-hybridized carbons (Fsp3) is 0.310. The third-order valence-corrected chi connectivity index (χ3v) is 7.89. The van der Waals surface area contributed by atoms with E-state index >= 15 is 0 Å². The lowest BCUT2D eigenvalue weighted by Gasteiger charge is -2.25. The van der Waals surface area contributed by atoms with Gasteiger partial charge in [0.2, 0.25) is 5.91 Å². The van der Waals surface area contributed by atoms with Crippen LogP contribution in [0.1, 0.15) is 28.0 Å². The van der Waals surface area contributed by atoms with Crippen LogP contribution in [0, 0.1) is 11.7 Å². The first kappa shape index (κ1) is 24.7. The zero-order valence-corrected chi connectivity index (χ0v) is 22.0. The highest BCUT2D eigenvalue weighted by Crippen LogP contribution is 2.36. The van der Waals surface area contributed by atoms with Crippen molar-refractivity contribution >= 4 is 34.7 Å². The predicted molar refractivity (Wildman–Crippen MR) is 147 cm³/mol. The molecule has 0 saturated carbocycles. The zero-order chi connectivity index (χ0) is 27.4. The van der Waals surface area contributed by atoms with Gasteiger partial charge in [0.25, 0.3) is 5.91 Å². The van der Waals surface area contributed by atoms with Crippen LogP contribution in [-0.2, 0) is 22.6 Å². The van der Waals surface area contributed by atoms with Crippen molar-refractivity contribution in [3.63, 3.8) is 0 Å². The maximum Gasteiger partial charge on any atom is 0.254 e. The number of hydrogen-bond donors (Lipinski definition) is 2. The number of ether oxygens (including phenoxy) is 1.